The fourth-order valence-electron chi connectivity index (χ4n) is 6.13. The third kappa shape index (κ3) is 4.09. The summed E-state index contributed by atoms with van der Waals surface area (Å²) in [5, 5.41) is 7.86. The zero-order chi connectivity index (χ0) is 29.6. The van der Waals surface area contributed by atoms with Crippen LogP contribution >= 0.6 is 0 Å². The first kappa shape index (κ1) is 25.7. The number of hydrogen-bond donors (Lipinski definition) is 0. The van der Waals surface area contributed by atoms with E-state index in [2.05, 4.69) is 78.3 Å². The third-order valence-corrected chi connectivity index (χ3v) is 8.09. The maximum Gasteiger partial charge on any atom is 0.228 e. The molecule has 0 aliphatic rings. The van der Waals surface area contributed by atoms with Gasteiger partial charge in [0.15, 0.2) is 17.5 Å². The van der Waals surface area contributed by atoms with E-state index in [4.69, 9.17) is 19.4 Å². The predicted molar refractivity (Wildman–Crippen MR) is 181 cm³/mol. The van der Waals surface area contributed by atoms with Crippen LogP contribution in [0.25, 0.3) is 89.7 Å². The monoisotopic (exact) mass is 566 g/mol. The lowest BCUT2D eigenvalue weighted by atomic mass is 9.94. The van der Waals surface area contributed by atoms with Crippen molar-refractivity contribution in [1.29, 1.82) is 0 Å². The third-order valence-electron chi connectivity index (χ3n) is 8.09. The smallest absolute Gasteiger partial charge is 0.228 e. The highest BCUT2D eigenvalue weighted by Gasteiger charge is 2.21. The quantitative estimate of drug-likeness (QED) is 0.194. The van der Waals surface area contributed by atoms with Crippen LogP contribution in [0.2, 0.25) is 0 Å². The number of nitrogens with zero attached hydrogens (tertiary/aromatic N) is 4. The van der Waals surface area contributed by atoms with E-state index in [0.29, 0.717) is 28.9 Å². The van der Waals surface area contributed by atoms with Crippen LogP contribution in [0.4, 0.5) is 0 Å². The Bertz CT molecular complexity index is 2420. The molecule has 8 rings (SSSR count). The molecule has 0 atom stereocenters. The van der Waals surface area contributed by atoms with E-state index >= 15 is 0 Å². The molecule has 0 N–H and O–H groups in total. The Hall–Kier alpha value is -5.94. The average molecular weight is 567 g/mol. The van der Waals surface area contributed by atoms with E-state index < -0.39 is 0 Å². The zero-order valence-electron chi connectivity index (χ0n) is 24.0. The van der Waals surface area contributed by atoms with E-state index in [1.807, 2.05) is 55.5 Å². The van der Waals surface area contributed by atoms with Crippen LogP contribution in [0.1, 0.15) is 18.2 Å². The molecule has 0 bridgehead atoms. The van der Waals surface area contributed by atoms with Crippen molar-refractivity contribution in [2.24, 2.45) is 0 Å². The Balaban J connectivity index is 1.46. The van der Waals surface area contributed by atoms with Gasteiger partial charge in [0, 0.05) is 33.8 Å². The molecule has 0 aliphatic carbocycles. The SMILES string of the molecule is C=Cc1oc2nccc(-c3nc(-c4ccccc4)nc(-c4cccc5ccc6c7ccccc7ccc6c45)n3)c2c1/C=C\C. The first-order chi connectivity index (χ1) is 21.7. The minimum absolute atomic E-state index is 0.511. The van der Waals surface area contributed by atoms with Crippen molar-refractivity contribution in [2.75, 3.05) is 0 Å². The molecule has 0 saturated heterocycles. The second-order valence-electron chi connectivity index (χ2n) is 10.6. The number of furan rings is 1. The van der Waals surface area contributed by atoms with Gasteiger partial charge in [-0.05, 0) is 46.0 Å². The Morgan fingerprint density at radius 2 is 1.32 bits per heavy atom. The number of allylic oxidation sites excluding steroid dienone is 1. The van der Waals surface area contributed by atoms with Crippen LogP contribution in [0.5, 0.6) is 0 Å². The maximum atomic E-state index is 6.08. The molecule has 0 spiro atoms. The molecule has 0 unspecified atom stereocenters. The zero-order valence-corrected chi connectivity index (χ0v) is 24.0. The summed E-state index contributed by atoms with van der Waals surface area (Å²) >= 11 is 0. The molecule has 3 heterocycles. The van der Waals surface area contributed by atoms with Crippen LogP contribution in [-0.2, 0) is 0 Å². The summed E-state index contributed by atoms with van der Waals surface area (Å²) in [6.07, 6.45) is 7.43. The lowest BCUT2D eigenvalue weighted by Crippen LogP contribution is -2.01. The van der Waals surface area contributed by atoms with Crippen LogP contribution in [0.15, 0.2) is 126 Å². The highest BCUT2D eigenvalue weighted by molar-refractivity contribution is 6.20. The molecule has 0 aliphatic heterocycles. The first-order valence-electron chi connectivity index (χ1n) is 14.6. The highest BCUT2D eigenvalue weighted by Crippen LogP contribution is 2.39. The van der Waals surface area contributed by atoms with Gasteiger partial charge in [-0.25, -0.2) is 19.9 Å². The van der Waals surface area contributed by atoms with E-state index in [0.717, 1.165) is 43.8 Å². The standard InChI is InChI=1S/C39H26N4O/c1-3-11-30-33(4-2)44-39-35(30)32(22-23-40-39)38-42-36(26-13-6-5-7-14-26)41-37(43-38)31-17-10-15-25-19-20-28-27-16-9-8-12-24(27)18-21-29(28)34(25)31/h3-23H,2H2,1H3/b11-3-. The van der Waals surface area contributed by atoms with E-state index in [1.54, 1.807) is 12.3 Å². The van der Waals surface area contributed by atoms with Crippen LogP contribution in [0.3, 0.4) is 0 Å². The molecule has 8 aromatic rings. The summed E-state index contributed by atoms with van der Waals surface area (Å²) in [7, 11) is 0. The van der Waals surface area contributed by atoms with Gasteiger partial charge in [0.05, 0.1) is 5.39 Å². The van der Waals surface area contributed by atoms with Crippen molar-refractivity contribution in [3.63, 3.8) is 0 Å². The summed E-state index contributed by atoms with van der Waals surface area (Å²) in [4.78, 5) is 19.8. The summed E-state index contributed by atoms with van der Waals surface area (Å²) in [6, 6.07) is 35.6. The molecule has 5 nitrogen and oxygen atoms in total. The molecule has 5 aromatic carbocycles. The largest absolute Gasteiger partial charge is 0.438 e. The van der Waals surface area contributed by atoms with Crippen molar-refractivity contribution in [2.45, 2.75) is 6.92 Å². The fourth-order valence-corrected chi connectivity index (χ4v) is 6.13. The first-order valence-corrected chi connectivity index (χ1v) is 14.6. The van der Waals surface area contributed by atoms with Crippen LogP contribution < -0.4 is 0 Å². The van der Waals surface area contributed by atoms with Gasteiger partial charge in [-0.1, -0.05) is 116 Å². The van der Waals surface area contributed by atoms with Gasteiger partial charge < -0.3 is 4.42 Å². The molecule has 0 fully saturated rings. The molecule has 0 saturated carbocycles. The Kier molecular flexibility index (Phi) is 6.09. The maximum absolute atomic E-state index is 6.08. The molecule has 0 radical (unpaired) electrons. The normalized spacial score (nSPS) is 11.8. The summed E-state index contributed by atoms with van der Waals surface area (Å²) in [5.41, 5.74) is 4.08. The number of pyridine rings is 1. The van der Waals surface area contributed by atoms with Crippen molar-refractivity contribution in [3.05, 3.63) is 133 Å². The second-order valence-corrected chi connectivity index (χ2v) is 10.6. The van der Waals surface area contributed by atoms with Crippen molar-refractivity contribution in [1.82, 2.24) is 19.9 Å². The number of aromatic nitrogens is 4. The number of benzene rings is 5. The van der Waals surface area contributed by atoms with Gasteiger partial charge in [-0.15, -0.1) is 0 Å². The van der Waals surface area contributed by atoms with Crippen molar-refractivity contribution < 1.29 is 4.42 Å². The summed E-state index contributed by atoms with van der Waals surface area (Å²) in [5.74, 6) is 2.40. The number of fused-ring (bicyclic) bond motifs is 6. The molecule has 3 aromatic heterocycles. The molecule has 5 heteroatoms. The molecular formula is C39H26N4O. The van der Waals surface area contributed by atoms with Gasteiger partial charge >= 0.3 is 0 Å². The summed E-state index contributed by atoms with van der Waals surface area (Å²) in [6.45, 7) is 5.93. The molecule has 208 valence electrons. The second kappa shape index (κ2) is 10.4. The van der Waals surface area contributed by atoms with Gasteiger partial charge in [0.2, 0.25) is 5.71 Å². The molecule has 0 amide bonds. The van der Waals surface area contributed by atoms with Crippen molar-refractivity contribution >= 4 is 55.6 Å². The topological polar surface area (TPSA) is 64.7 Å². The summed E-state index contributed by atoms with van der Waals surface area (Å²) < 4.78 is 6.08. The van der Waals surface area contributed by atoms with Crippen LogP contribution in [0, 0.1) is 0 Å². The Labute approximate surface area is 253 Å². The van der Waals surface area contributed by atoms with Gasteiger partial charge in [-0.3, -0.25) is 0 Å². The van der Waals surface area contributed by atoms with Crippen molar-refractivity contribution in [3.8, 4) is 34.2 Å². The van der Waals surface area contributed by atoms with Gasteiger partial charge in [0.1, 0.15) is 5.76 Å². The number of hydrogen-bond acceptors (Lipinski definition) is 5. The van der Waals surface area contributed by atoms with E-state index in [1.165, 1.54) is 16.2 Å². The Morgan fingerprint density at radius 1 is 0.614 bits per heavy atom. The van der Waals surface area contributed by atoms with Gasteiger partial charge in [-0.2, -0.15) is 0 Å². The highest BCUT2D eigenvalue weighted by atomic mass is 16.3. The average Bonchev–Trinajstić information content (AvgIpc) is 3.45. The fraction of sp³-hybridized carbons (Fsp3) is 0.0256. The minimum Gasteiger partial charge on any atom is -0.438 e. The molecular weight excluding hydrogens is 540 g/mol. The van der Waals surface area contributed by atoms with E-state index in [-0.39, 0.29) is 0 Å². The minimum atomic E-state index is 0.511. The Morgan fingerprint density at radius 3 is 2.14 bits per heavy atom. The molecule has 44 heavy (non-hydrogen) atoms. The van der Waals surface area contributed by atoms with Gasteiger partial charge in [0.25, 0.3) is 0 Å². The van der Waals surface area contributed by atoms with E-state index in [9.17, 15) is 0 Å². The lowest BCUT2D eigenvalue weighted by Gasteiger charge is -2.13. The predicted octanol–water partition coefficient (Wildman–Crippen LogP) is 10.1. The number of rotatable bonds is 5. The van der Waals surface area contributed by atoms with Crippen LogP contribution in [-0.4, -0.2) is 19.9 Å². The lowest BCUT2D eigenvalue weighted by molar-refractivity contribution is 0.591.